The fourth-order valence-electron chi connectivity index (χ4n) is 10.4. The van der Waals surface area contributed by atoms with Gasteiger partial charge in [-0.2, -0.15) is 5.10 Å². The number of hydrogen-bond acceptors (Lipinski definition) is 10. The number of nitrogens with zero attached hydrogens (tertiary/aromatic N) is 8. The van der Waals surface area contributed by atoms with Crippen LogP contribution in [0, 0.1) is 37.2 Å². The number of aryl methyl sites for hydroxylation is 2. The Labute approximate surface area is 367 Å². The molecule has 5 aromatic rings. The van der Waals surface area contributed by atoms with Gasteiger partial charge in [-0.3, -0.25) is 34.2 Å². The largest absolute Gasteiger partial charge is 0.369 e. The minimum atomic E-state index is -0.793. The summed E-state index contributed by atoms with van der Waals surface area (Å²) in [5, 5.41) is 11.1. The summed E-state index contributed by atoms with van der Waals surface area (Å²) in [4.78, 5) is 67.4. The van der Waals surface area contributed by atoms with Gasteiger partial charge < -0.3 is 24.9 Å². The number of anilines is 3. The van der Waals surface area contributed by atoms with Gasteiger partial charge in [-0.15, -0.1) is 0 Å². The summed E-state index contributed by atoms with van der Waals surface area (Å²) in [6.45, 7) is 8.09. The highest BCUT2D eigenvalue weighted by molar-refractivity contribution is 6.05. The van der Waals surface area contributed by atoms with Crippen molar-refractivity contribution >= 4 is 51.7 Å². The molecule has 0 bridgehead atoms. The molecular formula is C47H49F3N10O4. The number of likely N-dealkylation sites (tertiary alicyclic amines) is 1. The van der Waals surface area contributed by atoms with Crippen LogP contribution in [0.5, 0.6) is 0 Å². The monoisotopic (exact) mass is 874 g/mol. The second-order valence-corrected chi connectivity index (χ2v) is 17.9. The molecule has 0 spiro atoms. The van der Waals surface area contributed by atoms with Crippen molar-refractivity contribution in [1.29, 1.82) is 0 Å². The van der Waals surface area contributed by atoms with E-state index in [1.54, 1.807) is 30.5 Å². The van der Waals surface area contributed by atoms with Crippen LogP contribution >= 0.6 is 0 Å². The van der Waals surface area contributed by atoms with E-state index in [2.05, 4.69) is 30.6 Å². The summed E-state index contributed by atoms with van der Waals surface area (Å²) < 4.78 is 48.6. The average molecular weight is 875 g/mol. The van der Waals surface area contributed by atoms with Gasteiger partial charge in [0.2, 0.25) is 17.7 Å². The molecule has 3 aromatic heterocycles. The number of amides is 4. The number of carbonyl (C=O) groups is 4. The molecule has 14 nitrogen and oxygen atoms in total. The van der Waals surface area contributed by atoms with E-state index in [4.69, 9.17) is 0 Å². The number of benzene rings is 2. The second kappa shape index (κ2) is 16.6. The Balaban J connectivity index is 0.715. The van der Waals surface area contributed by atoms with Crippen LogP contribution in [0.15, 0.2) is 48.8 Å². The van der Waals surface area contributed by atoms with Crippen LogP contribution in [0.25, 0.3) is 21.9 Å². The summed E-state index contributed by atoms with van der Waals surface area (Å²) in [6.07, 6.45) is 7.30. The first-order valence-electron chi connectivity index (χ1n) is 22.2. The molecule has 8 heterocycles. The van der Waals surface area contributed by atoms with Crippen LogP contribution in [0.2, 0.25) is 0 Å². The van der Waals surface area contributed by atoms with Crippen molar-refractivity contribution in [2.45, 2.75) is 84.0 Å². The van der Waals surface area contributed by atoms with Gasteiger partial charge in [0.25, 0.3) is 5.91 Å². The molecule has 3 fully saturated rings. The van der Waals surface area contributed by atoms with Gasteiger partial charge in [-0.25, -0.2) is 18.2 Å². The molecule has 1 atom stereocenters. The molecule has 5 aliphatic heterocycles. The van der Waals surface area contributed by atoms with Gasteiger partial charge >= 0.3 is 0 Å². The number of pyridine rings is 2. The third-order valence-electron chi connectivity index (χ3n) is 13.9. The minimum Gasteiger partial charge on any atom is -0.369 e. The molecular weight excluding hydrogens is 826 g/mol. The van der Waals surface area contributed by atoms with Crippen molar-refractivity contribution in [3.63, 3.8) is 0 Å². The van der Waals surface area contributed by atoms with Crippen molar-refractivity contribution in [2.24, 2.45) is 5.92 Å². The highest BCUT2D eigenvalue weighted by atomic mass is 19.1. The van der Waals surface area contributed by atoms with E-state index in [1.807, 2.05) is 29.7 Å². The molecule has 10 rings (SSSR count). The molecule has 1 unspecified atom stereocenters. The highest BCUT2D eigenvalue weighted by Gasteiger charge is 2.41. The van der Waals surface area contributed by atoms with Crippen LogP contribution < -0.4 is 15.5 Å². The van der Waals surface area contributed by atoms with Crippen molar-refractivity contribution in [3.05, 3.63) is 94.3 Å². The van der Waals surface area contributed by atoms with Crippen LogP contribution in [-0.4, -0.2) is 109 Å². The first-order chi connectivity index (χ1) is 30.9. The van der Waals surface area contributed by atoms with E-state index in [-0.39, 0.29) is 66.9 Å². The number of fused-ring (bicyclic) bond motifs is 3. The maximum absolute atomic E-state index is 16.0. The quantitative estimate of drug-likeness (QED) is 0.184. The zero-order valence-electron chi connectivity index (χ0n) is 35.8. The topological polar surface area (TPSA) is 149 Å². The predicted octanol–water partition coefficient (Wildman–Crippen LogP) is 5.80. The number of rotatable bonds is 8. The fourth-order valence-corrected chi connectivity index (χ4v) is 10.4. The van der Waals surface area contributed by atoms with E-state index >= 15 is 13.2 Å². The fraction of sp³-hybridized carbons (Fsp3) is 0.426. The van der Waals surface area contributed by atoms with Crippen LogP contribution in [0.1, 0.15) is 71.4 Å². The molecule has 0 radical (unpaired) electrons. The third-order valence-corrected chi connectivity index (χ3v) is 13.9. The second-order valence-electron chi connectivity index (χ2n) is 17.9. The number of imide groups is 1. The van der Waals surface area contributed by atoms with Gasteiger partial charge in [0.1, 0.15) is 24.2 Å². The first-order valence-corrected chi connectivity index (χ1v) is 22.2. The van der Waals surface area contributed by atoms with E-state index in [0.717, 1.165) is 56.6 Å². The van der Waals surface area contributed by atoms with Gasteiger partial charge in [-0.1, -0.05) is 0 Å². The number of piperidine rings is 3. The van der Waals surface area contributed by atoms with Crippen LogP contribution in [-0.2, 0) is 33.9 Å². The molecule has 332 valence electrons. The van der Waals surface area contributed by atoms with Crippen LogP contribution in [0.4, 0.5) is 30.5 Å². The summed E-state index contributed by atoms with van der Waals surface area (Å²) in [7, 11) is 0. The molecule has 0 saturated carbocycles. The first kappa shape index (κ1) is 41.6. The van der Waals surface area contributed by atoms with E-state index in [1.165, 1.54) is 21.8 Å². The van der Waals surface area contributed by atoms with Crippen molar-refractivity contribution in [1.82, 2.24) is 39.8 Å². The lowest BCUT2D eigenvalue weighted by Gasteiger charge is -2.41. The Bertz CT molecular complexity index is 2730. The Morgan fingerprint density at radius 2 is 1.56 bits per heavy atom. The lowest BCUT2D eigenvalue weighted by atomic mass is 9.93. The average Bonchev–Trinajstić information content (AvgIpc) is 3.69. The number of hydrogen-bond donors (Lipinski definition) is 2. The van der Waals surface area contributed by atoms with E-state index in [9.17, 15) is 19.2 Å². The number of halogens is 3. The Morgan fingerprint density at radius 3 is 2.33 bits per heavy atom. The molecule has 2 aromatic carbocycles. The number of carbonyl (C=O) groups excluding carboxylic acids is 4. The predicted molar refractivity (Wildman–Crippen MR) is 232 cm³/mol. The standard InChI is InChI=1S/C47H49F3N10O4/c1-26-17-27(2)51-22-34(26)33-18-29-20-40(52-21-30(29)19-36(33)48)53-45-44(50)38-11-16-58(42(62)25-60(38)55-45)31-9-12-56(13-10-31)23-28-7-14-57(15-8-28)37-4-3-32-35(43(37)49)24-59(47(32)64)39-5-6-41(61)54-46(39)63/h3-4,17-22,28,31,39H,5-16,23-25H2,1-2H3,(H,52,53,55)(H,54,61,63). The van der Waals surface area contributed by atoms with Crippen LogP contribution in [0.3, 0.4) is 0 Å². The highest BCUT2D eigenvalue weighted by Crippen LogP contribution is 2.36. The van der Waals surface area contributed by atoms with Gasteiger partial charge in [0.15, 0.2) is 17.5 Å². The molecule has 17 heteroatoms. The molecule has 4 amide bonds. The van der Waals surface area contributed by atoms with E-state index < -0.39 is 23.6 Å². The normalized spacial score (nSPS) is 20.2. The molecule has 0 aliphatic carbocycles. The molecule has 5 aliphatic rings. The Morgan fingerprint density at radius 1 is 0.766 bits per heavy atom. The maximum atomic E-state index is 16.0. The van der Waals surface area contributed by atoms with Gasteiger partial charge in [0.05, 0.1) is 17.9 Å². The summed E-state index contributed by atoms with van der Waals surface area (Å²) in [5.74, 6) is -1.94. The third kappa shape index (κ3) is 7.73. The maximum Gasteiger partial charge on any atom is 0.255 e. The number of aromatic nitrogens is 4. The van der Waals surface area contributed by atoms with Gasteiger partial charge in [0, 0.05) is 104 Å². The lowest BCUT2D eigenvalue weighted by Crippen LogP contribution is -2.52. The minimum absolute atomic E-state index is 0.000474. The van der Waals surface area contributed by atoms with Crippen molar-refractivity contribution < 1.29 is 32.3 Å². The van der Waals surface area contributed by atoms with Crippen molar-refractivity contribution in [2.75, 3.05) is 49.5 Å². The molecule has 3 saturated heterocycles. The summed E-state index contributed by atoms with van der Waals surface area (Å²) in [6, 6.07) is 9.39. The van der Waals surface area contributed by atoms with Gasteiger partial charge in [-0.05, 0) is 99.2 Å². The molecule has 2 N–H and O–H groups in total. The van der Waals surface area contributed by atoms with Crippen molar-refractivity contribution in [3.8, 4) is 11.1 Å². The lowest BCUT2D eigenvalue weighted by molar-refractivity contribution is -0.137. The smallest absolute Gasteiger partial charge is 0.255 e. The summed E-state index contributed by atoms with van der Waals surface area (Å²) >= 11 is 0. The zero-order valence-corrected chi connectivity index (χ0v) is 35.8. The van der Waals surface area contributed by atoms with E-state index in [0.29, 0.717) is 76.6 Å². The SMILES string of the molecule is Cc1cc(C)c(-c2cc3cc(Nc4nn5c(c4F)CCN(C4CCN(CC6CCN(c7ccc8c(c7F)CN(C7CCC(=O)NC7=O)C8=O)CC6)CC4)C(=O)C5)ncc3cc2F)cn1. The summed E-state index contributed by atoms with van der Waals surface area (Å²) in [5.41, 5.74) is 4.25. The Hall–Kier alpha value is -6.36. The Kier molecular flexibility index (Phi) is 10.8. The zero-order chi connectivity index (χ0) is 44.4. The molecule has 64 heavy (non-hydrogen) atoms. The number of nitrogens with one attached hydrogen (secondary N) is 2.